The fourth-order valence-electron chi connectivity index (χ4n) is 4.00. The van der Waals surface area contributed by atoms with E-state index in [0.29, 0.717) is 19.5 Å². The van der Waals surface area contributed by atoms with Crippen molar-refractivity contribution in [3.63, 3.8) is 0 Å². The summed E-state index contributed by atoms with van der Waals surface area (Å²) in [6.45, 7) is 2.57. The standard InChI is InChI=1S/C19H26N2O3/c1-13(22)21-12-15-7-4-3-6-14(15)10-17(21)19(24)20(2)11-16-8-5-9-18(16)23/h3-4,6-7,16-18,23H,5,8-12H2,1-2H3. The number of hydrogen-bond acceptors (Lipinski definition) is 3. The molecule has 3 rings (SSSR count). The number of hydrogen-bond donors (Lipinski definition) is 1. The van der Waals surface area contributed by atoms with Crippen molar-refractivity contribution in [2.24, 2.45) is 5.92 Å². The van der Waals surface area contributed by atoms with Crippen LogP contribution in [0, 0.1) is 5.92 Å². The highest BCUT2D eigenvalue weighted by atomic mass is 16.3. The average molecular weight is 330 g/mol. The van der Waals surface area contributed by atoms with E-state index in [-0.39, 0.29) is 23.8 Å². The molecule has 3 unspecified atom stereocenters. The van der Waals surface area contributed by atoms with Crippen LogP contribution in [0.5, 0.6) is 0 Å². The van der Waals surface area contributed by atoms with E-state index in [1.54, 1.807) is 16.8 Å². The molecule has 1 aliphatic carbocycles. The second-order valence-electron chi connectivity index (χ2n) is 7.11. The first-order chi connectivity index (χ1) is 11.5. The molecule has 2 amide bonds. The van der Waals surface area contributed by atoms with Gasteiger partial charge in [-0.15, -0.1) is 0 Å². The SMILES string of the molecule is CC(=O)N1Cc2ccccc2CC1C(=O)N(C)CC1CCCC1O. The molecule has 24 heavy (non-hydrogen) atoms. The minimum atomic E-state index is -0.444. The van der Waals surface area contributed by atoms with Crippen LogP contribution in [0.2, 0.25) is 0 Å². The number of rotatable bonds is 3. The Balaban J connectivity index is 1.75. The fraction of sp³-hybridized carbons (Fsp3) is 0.579. The van der Waals surface area contributed by atoms with Crippen LogP contribution in [0.1, 0.15) is 37.3 Å². The van der Waals surface area contributed by atoms with E-state index in [4.69, 9.17) is 0 Å². The zero-order valence-electron chi connectivity index (χ0n) is 14.4. The molecular formula is C19H26N2O3. The third kappa shape index (κ3) is 3.31. The zero-order chi connectivity index (χ0) is 17.3. The van der Waals surface area contributed by atoms with Crippen molar-refractivity contribution in [1.29, 1.82) is 0 Å². The number of likely N-dealkylation sites (N-methyl/N-ethyl adjacent to an activating group) is 1. The van der Waals surface area contributed by atoms with Crippen LogP contribution >= 0.6 is 0 Å². The Kier molecular flexibility index (Phi) is 4.90. The van der Waals surface area contributed by atoms with Crippen LogP contribution in [0.3, 0.4) is 0 Å². The van der Waals surface area contributed by atoms with Gasteiger partial charge >= 0.3 is 0 Å². The second kappa shape index (κ2) is 6.93. The summed E-state index contributed by atoms with van der Waals surface area (Å²) in [5.74, 6) is 0.0524. The van der Waals surface area contributed by atoms with Crippen LogP contribution in [-0.2, 0) is 22.6 Å². The molecule has 1 fully saturated rings. The minimum absolute atomic E-state index is 0.0289. The van der Waals surface area contributed by atoms with Gasteiger partial charge in [0.15, 0.2) is 0 Å². The molecule has 1 aliphatic heterocycles. The molecule has 0 bridgehead atoms. The van der Waals surface area contributed by atoms with E-state index >= 15 is 0 Å². The largest absolute Gasteiger partial charge is 0.393 e. The summed E-state index contributed by atoms with van der Waals surface area (Å²) < 4.78 is 0. The third-order valence-electron chi connectivity index (χ3n) is 5.44. The van der Waals surface area contributed by atoms with Gasteiger partial charge < -0.3 is 14.9 Å². The Morgan fingerprint density at radius 1 is 1.25 bits per heavy atom. The van der Waals surface area contributed by atoms with Crippen molar-refractivity contribution in [3.05, 3.63) is 35.4 Å². The highest BCUT2D eigenvalue weighted by Crippen LogP contribution is 2.28. The Labute approximate surface area is 143 Å². The van der Waals surface area contributed by atoms with Gasteiger partial charge in [0.05, 0.1) is 6.10 Å². The quantitative estimate of drug-likeness (QED) is 0.915. The number of carbonyl (C=O) groups is 2. The molecule has 1 N–H and O–H groups in total. The molecule has 2 aliphatic rings. The van der Waals surface area contributed by atoms with Crippen molar-refractivity contribution in [2.75, 3.05) is 13.6 Å². The first-order valence-corrected chi connectivity index (χ1v) is 8.74. The molecule has 3 atom stereocenters. The van der Waals surface area contributed by atoms with Gasteiger partial charge in [-0.1, -0.05) is 30.7 Å². The summed E-state index contributed by atoms with van der Waals surface area (Å²) in [6, 6.07) is 7.55. The maximum atomic E-state index is 13.0. The highest BCUT2D eigenvalue weighted by molar-refractivity contribution is 5.87. The molecule has 5 heteroatoms. The van der Waals surface area contributed by atoms with Crippen LogP contribution in [-0.4, -0.2) is 52.5 Å². The molecule has 130 valence electrons. The summed E-state index contributed by atoms with van der Waals surface area (Å²) in [4.78, 5) is 28.4. The Morgan fingerprint density at radius 3 is 2.58 bits per heavy atom. The highest BCUT2D eigenvalue weighted by Gasteiger charge is 2.36. The van der Waals surface area contributed by atoms with Gasteiger partial charge in [0, 0.05) is 39.4 Å². The van der Waals surface area contributed by atoms with Crippen LogP contribution in [0.15, 0.2) is 24.3 Å². The molecule has 5 nitrogen and oxygen atoms in total. The summed E-state index contributed by atoms with van der Waals surface area (Å²) >= 11 is 0. The Bertz CT molecular complexity index is 631. The van der Waals surface area contributed by atoms with Crippen molar-refractivity contribution in [3.8, 4) is 0 Å². The molecule has 0 radical (unpaired) electrons. The molecule has 0 aromatic heterocycles. The van der Waals surface area contributed by atoms with Gasteiger partial charge in [-0.05, 0) is 24.0 Å². The van der Waals surface area contributed by atoms with Gasteiger partial charge in [0.1, 0.15) is 6.04 Å². The van der Waals surface area contributed by atoms with Gasteiger partial charge in [-0.2, -0.15) is 0 Å². The van der Waals surface area contributed by atoms with Gasteiger partial charge in [0.2, 0.25) is 11.8 Å². The van der Waals surface area contributed by atoms with Crippen LogP contribution < -0.4 is 0 Å². The minimum Gasteiger partial charge on any atom is -0.393 e. The van der Waals surface area contributed by atoms with Gasteiger partial charge in [-0.25, -0.2) is 0 Å². The number of nitrogens with zero attached hydrogens (tertiary/aromatic N) is 2. The number of fused-ring (bicyclic) bond motifs is 1. The van der Waals surface area contributed by atoms with E-state index in [1.807, 2.05) is 24.3 Å². The van der Waals surface area contributed by atoms with Crippen molar-refractivity contribution in [1.82, 2.24) is 9.80 Å². The first kappa shape index (κ1) is 17.0. The van der Waals surface area contributed by atoms with E-state index < -0.39 is 6.04 Å². The average Bonchev–Trinajstić information content (AvgIpc) is 2.97. The Hall–Kier alpha value is -1.88. The number of benzene rings is 1. The number of aliphatic hydroxyl groups is 1. The van der Waals surface area contributed by atoms with Crippen molar-refractivity contribution < 1.29 is 14.7 Å². The monoisotopic (exact) mass is 330 g/mol. The Morgan fingerprint density at radius 2 is 1.96 bits per heavy atom. The molecule has 0 saturated heterocycles. The van der Waals surface area contributed by atoms with Gasteiger partial charge in [0.25, 0.3) is 0 Å². The summed E-state index contributed by atoms with van der Waals surface area (Å²) in [7, 11) is 1.78. The molecular weight excluding hydrogens is 304 g/mol. The van der Waals surface area contributed by atoms with Crippen LogP contribution in [0.4, 0.5) is 0 Å². The predicted molar refractivity (Wildman–Crippen MR) is 91.1 cm³/mol. The lowest BCUT2D eigenvalue weighted by atomic mass is 9.93. The summed E-state index contributed by atoms with van der Waals surface area (Å²) in [6.07, 6.45) is 3.05. The molecule has 1 heterocycles. The normalized spacial score (nSPS) is 26.1. The van der Waals surface area contributed by atoms with Gasteiger partial charge in [-0.3, -0.25) is 9.59 Å². The number of carbonyl (C=O) groups excluding carboxylic acids is 2. The third-order valence-corrected chi connectivity index (χ3v) is 5.44. The molecule has 1 saturated carbocycles. The summed E-state index contributed by atoms with van der Waals surface area (Å²) in [5, 5.41) is 10.00. The smallest absolute Gasteiger partial charge is 0.245 e. The number of aliphatic hydroxyl groups excluding tert-OH is 1. The lowest BCUT2D eigenvalue weighted by molar-refractivity contribution is -0.145. The van der Waals surface area contributed by atoms with Crippen molar-refractivity contribution in [2.45, 2.75) is 51.3 Å². The molecule has 0 spiro atoms. The van der Waals surface area contributed by atoms with E-state index in [0.717, 1.165) is 30.4 Å². The van der Waals surface area contributed by atoms with E-state index in [2.05, 4.69) is 0 Å². The molecule has 1 aromatic carbocycles. The first-order valence-electron chi connectivity index (χ1n) is 8.74. The number of amides is 2. The summed E-state index contributed by atoms with van der Waals surface area (Å²) in [5.41, 5.74) is 2.26. The fourth-order valence-corrected chi connectivity index (χ4v) is 4.00. The zero-order valence-corrected chi connectivity index (χ0v) is 14.4. The van der Waals surface area contributed by atoms with Crippen molar-refractivity contribution >= 4 is 11.8 Å². The predicted octanol–water partition coefficient (Wildman–Crippen LogP) is 1.58. The van der Waals surface area contributed by atoms with Crippen LogP contribution in [0.25, 0.3) is 0 Å². The van der Waals surface area contributed by atoms with E-state index in [9.17, 15) is 14.7 Å². The van der Waals surface area contributed by atoms with E-state index in [1.165, 1.54) is 6.92 Å². The lowest BCUT2D eigenvalue weighted by Gasteiger charge is -2.38. The maximum absolute atomic E-state index is 13.0. The topological polar surface area (TPSA) is 60.9 Å². The maximum Gasteiger partial charge on any atom is 0.245 e. The second-order valence-corrected chi connectivity index (χ2v) is 7.11. The molecule has 1 aromatic rings. The lowest BCUT2D eigenvalue weighted by Crippen LogP contribution is -2.53.